The summed E-state index contributed by atoms with van der Waals surface area (Å²) in [6.07, 6.45) is -2.37. The molecule has 0 saturated heterocycles. The van der Waals surface area contributed by atoms with E-state index >= 15 is 0 Å². The zero-order chi connectivity index (χ0) is 21.3. The van der Waals surface area contributed by atoms with Gasteiger partial charge in [-0.15, -0.1) is 0 Å². The van der Waals surface area contributed by atoms with Crippen molar-refractivity contribution in [1.82, 2.24) is 9.13 Å². The predicted octanol–water partition coefficient (Wildman–Crippen LogP) is 2.96. The molecule has 0 spiro atoms. The van der Waals surface area contributed by atoms with Crippen molar-refractivity contribution in [3.63, 3.8) is 0 Å². The van der Waals surface area contributed by atoms with E-state index < -0.39 is 28.9 Å². The smallest absolute Gasteiger partial charge is 0.338 e. The lowest BCUT2D eigenvalue weighted by Crippen LogP contribution is -2.27. The number of aryl methyl sites for hydroxylation is 1. The Morgan fingerprint density at radius 3 is 2.48 bits per heavy atom. The third-order valence-electron chi connectivity index (χ3n) is 4.22. The minimum atomic E-state index is -4.65. The standard InChI is InChI=1S/C19H17F3N4O3/c1-11(27)23-14-4-3-5-16-13(14)6-7-26(16)10-17(28)24-15-8-12(19(20,21)22)9-25(2)18(15)29/h3-9H,10H2,1-2H3,(H,23,27)(H,24,28). The Balaban J connectivity index is 1.86. The van der Waals surface area contributed by atoms with E-state index in [1.165, 1.54) is 14.0 Å². The molecule has 7 nitrogen and oxygen atoms in total. The van der Waals surface area contributed by atoms with Crippen molar-refractivity contribution in [2.75, 3.05) is 10.6 Å². The molecule has 2 aromatic heterocycles. The molecule has 0 unspecified atom stereocenters. The maximum Gasteiger partial charge on any atom is 0.417 e. The minimum Gasteiger partial charge on any atom is -0.338 e. The normalized spacial score (nSPS) is 11.5. The van der Waals surface area contributed by atoms with E-state index in [0.29, 0.717) is 28.9 Å². The van der Waals surface area contributed by atoms with E-state index in [1.807, 2.05) is 0 Å². The highest BCUT2D eigenvalue weighted by molar-refractivity contribution is 6.01. The lowest BCUT2D eigenvalue weighted by atomic mass is 10.2. The number of nitrogens with one attached hydrogen (secondary N) is 2. The number of aromatic nitrogens is 2. The molecule has 2 amide bonds. The Kier molecular flexibility index (Phi) is 5.19. The van der Waals surface area contributed by atoms with Crippen LogP contribution in [-0.4, -0.2) is 20.9 Å². The van der Waals surface area contributed by atoms with Crippen molar-refractivity contribution in [3.05, 3.63) is 58.6 Å². The summed E-state index contributed by atoms with van der Waals surface area (Å²) in [4.78, 5) is 35.8. The van der Waals surface area contributed by atoms with Gasteiger partial charge in [0.05, 0.1) is 16.8 Å². The maximum atomic E-state index is 13.0. The van der Waals surface area contributed by atoms with Gasteiger partial charge in [0, 0.05) is 31.8 Å². The first-order valence-electron chi connectivity index (χ1n) is 8.49. The largest absolute Gasteiger partial charge is 0.417 e. The molecule has 0 aliphatic rings. The molecule has 0 fully saturated rings. The fourth-order valence-corrected chi connectivity index (χ4v) is 2.96. The monoisotopic (exact) mass is 406 g/mol. The molecule has 152 valence electrons. The second-order valence-electron chi connectivity index (χ2n) is 6.47. The summed E-state index contributed by atoms with van der Waals surface area (Å²) in [5.74, 6) is -0.910. The Morgan fingerprint density at radius 1 is 1.10 bits per heavy atom. The van der Waals surface area contributed by atoms with Gasteiger partial charge in [-0.05, 0) is 24.3 Å². The predicted molar refractivity (Wildman–Crippen MR) is 102 cm³/mol. The van der Waals surface area contributed by atoms with Crippen LogP contribution in [0.1, 0.15) is 12.5 Å². The number of halogens is 3. The van der Waals surface area contributed by atoms with Gasteiger partial charge >= 0.3 is 6.18 Å². The summed E-state index contributed by atoms with van der Waals surface area (Å²) >= 11 is 0. The quantitative estimate of drug-likeness (QED) is 0.699. The van der Waals surface area contributed by atoms with Gasteiger partial charge in [-0.1, -0.05) is 6.07 Å². The summed E-state index contributed by atoms with van der Waals surface area (Å²) in [6, 6.07) is 7.46. The van der Waals surface area contributed by atoms with Gasteiger partial charge in [-0.25, -0.2) is 0 Å². The van der Waals surface area contributed by atoms with E-state index in [4.69, 9.17) is 0 Å². The fourth-order valence-electron chi connectivity index (χ4n) is 2.96. The van der Waals surface area contributed by atoms with Crippen molar-refractivity contribution >= 4 is 34.1 Å². The Labute approximate surface area is 162 Å². The molecule has 0 aliphatic carbocycles. The van der Waals surface area contributed by atoms with Gasteiger partial charge < -0.3 is 19.8 Å². The molecular formula is C19H17F3N4O3. The molecule has 0 bridgehead atoms. The molecular weight excluding hydrogens is 389 g/mol. The number of hydrogen-bond acceptors (Lipinski definition) is 3. The topological polar surface area (TPSA) is 85.1 Å². The average molecular weight is 406 g/mol. The zero-order valence-corrected chi connectivity index (χ0v) is 15.5. The summed E-state index contributed by atoms with van der Waals surface area (Å²) in [6.45, 7) is 1.14. The molecule has 10 heteroatoms. The number of nitrogens with zero attached hydrogens (tertiary/aromatic N) is 2. The molecule has 3 rings (SSSR count). The number of pyridine rings is 1. The lowest BCUT2D eigenvalue weighted by Gasteiger charge is -2.12. The fraction of sp³-hybridized carbons (Fsp3) is 0.211. The van der Waals surface area contributed by atoms with Crippen LogP contribution in [0.15, 0.2) is 47.5 Å². The highest BCUT2D eigenvalue weighted by Gasteiger charge is 2.32. The Morgan fingerprint density at radius 2 is 1.83 bits per heavy atom. The van der Waals surface area contributed by atoms with Crippen LogP contribution in [-0.2, 0) is 29.4 Å². The summed E-state index contributed by atoms with van der Waals surface area (Å²) in [5.41, 5.74) is -1.04. The van der Waals surface area contributed by atoms with Gasteiger partial charge in [0.2, 0.25) is 11.8 Å². The van der Waals surface area contributed by atoms with Gasteiger partial charge in [0.1, 0.15) is 12.2 Å². The average Bonchev–Trinajstić information content (AvgIpc) is 3.01. The second kappa shape index (κ2) is 7.46. The zero-order valence-electron chi connectivity index (χ0n) is 15.5. The Bertz CT molecular complexity index is 1160. The number of fused-ring (bicyclic) bond motifs is 1. The molecule has 2 N–H and O–H groups in total. The van der Waals surface area contributed by atoms with Crippen LogP contribution in [0.4, 0.5) is 24.5 Å². The van der Waals surface area contributed by atoms with E-state index in [-0.39, 0.29) is 12.5 Å². The molecule has 0 saturated carbocycles. The first-order valence-corrected chi connectivity index (χ1v) is 8.49. The molecule has 3 aromatic rings. The van der Waals surface area contributed by atoms with Crippen LogP contribution in [0.5, 0.6) is 0 Å². The number of hydrogen-bond donors (Lipinski definition) is 2. The van der Waals surface area contributed by atoms with Crippen LogP contribution in [0.2, 0.25) is 0 Å². The minimum absolute atomic E-state index is 0.230. The first-order chi connectivity index (χ1) is 13.6. The van der Waals surface area contributed by atoms with E-state index in [2.05, 4.69) is 10.6 Å². The molecule has 0 radical (unpaired) electrons. The number of carbonyl (C=O) groups excluding carboxylic acids is 2. The highest BCUT2D eigenvalue weighted by Crippen LogP contribution is 2.29. The van der Waals surface area contributed by atoms with Crippen molar-refractivity contribution < 1.29 is 22.8 Å². The number of amides is 2. The highest BCUT2D eigenvalue weighted by atomic mass is 19.4. The summed E-state index contributed by atoms with van der Waals surface area (Å²) in [7, 11) is 1.18. The second-order valence-corrected chi connectivity index (χ2v) is 6.47. The number of rotatable bonds is 4. The van der Waals surface area contributed by atoms with Gasteiger partial charge in [-0.3, -0.25) is 14.4 Å². The molecule has 0 atom stereocenters. The van der Waals surface area contributed by atoms with E-state index in [0.717, 1.165) is 4.57 Å². The van der Waals surface area contributed by atoms with Crippen LogP contribution in [0.3, 0.4) is 0 Å². The van der Waals surface area contributed by atoms with Crippen molar-refractivity contribution in [1.29, 1.82) is 0 Å². The van der Waals surface area contributed by atoms with E-state index in [9.17, 15) is 27.6 Å². The number of anilines is 2. The van der Waals surface area contributed by atoms with Crippen molar-refractivity contribution in [2.45, 2.75) is 19.6 Å². The first kappa shape index (κ1) is 20.2. The molecule has 0 aliphatic heterocycles. The van der Waals surface area contributed by atoms with E-state index in [1.54, 1.807) is 35.0 Å². The maximum absolute atomic E-state index is 13.0. The van der Waals surface area contributed by atoms with Gasteiger partial charge in [-0.2, -0.15) is 13.2 Å². The molecule has 2 heterocycles. The van der Waals surface area contributed by atoms with Gasteiger partial charge in [0.15, 0.2) is 0 Å². The van der Waals surface area contributed by atoms with Crippen LogP contribution in [0, 0.1) is 0 Å². The number of carbonyl (C=O) groups is 2. The molecule has 1 aromatic carbocycles. The number of alkyl halides is 3. The van der Waals surface area contributed by atoms with Gasteiger partial charge in [0.25, 0.3) is 5.56 Å². The lowest BCUT2D eigenvalue weighted by molar-refractivity contribution is -0.138. The summed E-state index contributed by atoms with van der Waals surface area (Å²) < 4.78 is 41.2. The Hall–Kier alpha value is -3.56. The van der Waals surface area contributed by atoms with Crippen LogP contribution < -0.4 is 16.2 Å². The van der Waals surface area contributed by atoms with Crippen molar-refractivity contribution in [3.8, 4) is 0 Å². The van der Waals surface area contributed by atoms with Crippen molar-refractivity contribution in [2.24, 2.45) is 7.05 Å². The van der Waals surface area contributed by atoms with Crippen LogP contribution in [0.25, 0.3) is 10.9 Å². The third-order valence-corrected chi connectivity index (χ3v) is 4.22. The van der Waals surface area contributed by atoms with Crippen LogP contribution >= 0.6 is 0 Å². The molecule has 29 heavy (non-hydrogen) atoms. The summed E-state index contributed by atoms with van der Waals surface area (Å²) in [5, 5.41) is 5.63. The number of benzene rings is 1. The third kappa shape index (κ3) is 4.31. The SMILES string of the molecule is CC(=O)Nc1cccc2c1ccn2CC(=O)Nc1cc(C(F)(F)F)cn(C)c1=O.